The smallest absolute Gasteiger partial charge is 0.257 e. The van der Waals surface area contributed by atoms with Crippen molar-refractivity contribution in [2.24, 2.45) is 11.8 Å². The number of thiol groups is 1. The average Bonchev–Trinajstić information content (AvgIpc) is 2.36. The Morgan fingerprint density at radius 3 is 2.74 bits per heavy atom. The fraction of sp³-hybridized carbons (Fsp3) is 0.533. The monoisotopic (exact) mass is 281 g/mol. The van der Waals surface area contributed by atoms with Crippen LogP contribution in [0.15, 0.2) is 23.1 Å². The van der Waals surface area contributed by atoms with E-state index in [4.69, 9.17) is 0 Å². The molecule has 2 nitrogen and oxygen atoms in total. The number of amides is 1. The van der Waals surface area contributed by atoms with Crippen molar-refractivity contribution in [1.82, 2.24) is 4.90 Å². The molecule has 1 fully saturated rings. The van der Waals surface area contributed by atoms with E-state index in [-0.39, 0.29) is 17.5 Å². The molecule has 3 unspecified atom stereocenters. The Balaban J connectivity index is 2.30. The molecule has 0 spiro atoms. The maximum atomic E-state index is 13.8. The fourth-order valence-corrected chi connectivity index (χ4v) is 3.02. The van der Waals surface area contributed by atoms with Gasteiger partial charge in [0.05, 0.1) is 5.56 Å². The predicted molar refractivity (Wildman–Crippen MR) is 77.1 cm³/mol. The van der Waals surface area contributed by atoms with Crippen molar-refractivity contribution in [1.29, 1.82) is 0 Å². The summed E-state index contributed by atoms with van der Waals surface area (Å²) in [5.41, 5.74) is 0.126. The first-order valence-electron chi connectivity index (χ1n) is 6.69. The molecule has 0 aromatic heterocycles. The van der Waals surface area contributed by atoms with Gasteiger partial charge in [-0.2, -0.15) is 0 Å². The maximum absolute atomic E-state index is 13.8. The quantitative estimate of drug-likeness (QED) is 0.780. The predicted octanol–water partition coefficient (Wildman–Crippen LogP) is 3.62. The molecule has 104 valence electrons. The van der Waals surface area contributed by atoms with Gasteiger partial charge in [0.2, 0.25) is 0 Å². The minimum absolute atomic E-state index is 0.126. The lowest BCUT2D eigenvalue weighted by Gasteiger charge is -2.41. The number of benzene rings is 1. The largest absolute Gasteiger partial charge is 0.335 e. The lowest BCUT2D eigenvalue weighted by Crippen LogP contribution is -2.49. The highest BCUT2D eigenvalue weighted by atomic mass is 32.1. The number of carbonyl (C=O) groups excluding carboxylic acids is 1. The van der Waals surface area contributed by atoms with E-state index in [1.807, 2.05) is 6.92 Å². The molecule has 0 aliphatic carbocycles. The standard InChI is InChI=1S/C15H20FNOS/c1-9-6-10(2)11(3)17(8-9)15(18)13-7-12(19)4-5-14(13)16/h4-5,7,9-11,19H,6,8H2,1-3H3. The maximum Gasteiger partial charge on any atom is 0.257 e. The van der Waals surface area contributed by atoms with Crippen LogP contribution in [0.3, 0.4) is 0 Å². The summed E-state index contributed by atoms with van der Waals surface area (Å²) in [5, 5.41) is 0. The van der Waals surface area contributed by atoms with Crippen molar-refractivity contribution in [2.75, 3.05) is 6.54 Å². The Kier molecular flexibility index (Phi) is 4.19. The van der Waals surface area contributed by atoms with Crippen LogP contribution in [0.1, 0.15) is 37.6 Å². The van der Waals surface area contributed by atoms with Gasteiger partial charge in [0.1, 0.15) is 5.82 Å². The Bertz CT molecular complexity index is 491. The molecule has 0 saturated carbocycles. The molecule has 1 saturated heterocycles. The second-order valence-electron chi connectivity index (χ2n) is 5.68. The molecule has 1 aromatic rings. The third-order valence-corrected chi connectivity index (χ3v) is 4.32. The zero-order valence-electron chi connectivity index (χ0n) is 11.6. The summed E-state index contributed by atoms with van der Waals surface area (Å²) in [6.45, 7) is 7.01. The summed E-state index contributed by atoms with van der Waals surface area (Å²) < 4.78 is 13.8. The highest BCUT2D eigenvalue weighted by Crippen LogP contribution is 2.29. The van der Waals surface area contributed by atoms with Crippen molar-refractivity contribution >= 4 is 18.5 Å². The Labute approximate surface area is 119 Å². The topological polar surface area (TPSA) is 20.3 Å². The molecule has 4 heteroatoms. The first-order valence-corrected chi connectivity index (χ1v) is 7.14. The van der Waals surface area contributed by atoms with Gasteiger partial charge in [0.15, 0.2) is 0 Å². The van der Waals surface area contributed by atoms with Crippen LogP contribution < -0.4 is 0 Å². The molecule has 19 heavy (non-hydrogen) atoms. The molecule has 3 atom stereocenters. The molecule has 1 amide bonds. The van der Waals surface area contributed by atoms with Gasteiger partial charge in [-0.1, -0.05) is 13.8 Å². The van der Waals surface area contributed by atoms with Crippen molar-refractivity contribution < 1.29 is 9.18 Å². The highest BCUT2D eigenvalue weighted by Gasteiger charge is 2.33. The molecule has 0 N–H and O–H groups in total. The van der Waals surface area contributed by atoms with Crippen LogP contribution in [0.2, 0.25) is 0 Å². The van der Waals surface area contributed by atoms with E-state index in [2.05, 4.69) is 26.5 Å². The molecular weight excluding hydrogens is 261 g/mol. The van der Waals surface area contributed by atoms with Crippen LogP contribution >= 0.6 is 12.6 Å². The fourth-order valence-electron chi connectivity index (χ4n) is 2.82. The number of nitrogens with zero attached hydrogens (tertiary/aromatic N) is 1. The van der Waals surface area contributed by atoms with Gasteiger partial charge < -0.3 is 4.90 Å². The molecule has 2 rings (SSSR count). The molecular formula is C15H20FNOS. The Morgan fingerprint density at radius 1 is 1.37 bits per heavy atom. The number of hydrogen-bond donors (Lipinski definition) is 1. The summed E-state index contributed by atoms with van der Waals surface area (Å²) in [5.74, 6) is 0.201. The summed E-state index contributed by atoms with van der Waals surface area (Å²) in [7, 11) is 0. The Morgan fingerprint density at radius 2 is 2.05 bits per heavy atom. The number of rotatable bonds is 1. The summed E-state index contributed by atoms with van der Waals surface area (Å²) >= 11 is 4.18. The van der Waals surface area contributed by atoms with Crippen molar-refractivity contribution in [3.63, 3.8) is 0 Å². The van der Waals surface area contributed by atoms with Crippen LogP contribution in [0.25, 0.3) is 0 Å². The van der Waals surface area contributed by atoms with Crippen molar-refractivity contribution in [3.8, 4) is 0 Å². The van der Waals surface area contributed by atoms with E-state index in [9.17, 15) is 9.18 Å². The van der Waals surface area contributed by atoms with Crippen molar-refractivity contribution in [3.05, 3.63) is 29.6 Å². The van der Waals surface area contributed by atoms with Crippen LogP contribution in [-0.2, 0) is 0 Å². The SMILES string of the molecule is CC1CC(C)C(C)N(C(=O)c2cc(S)ccc2F)C1. The van der Waals surface area contributed by atoms with E-state index >= 15 is 0 Å². The summed E-state index contributed by atoms with van der Waals surface area (Å²) in [6.07, 6.45) is 1.11. The lowest BCUT2D eigenvalue weighted by atomic mass is 9.85. The van der Waals surface area contributed by atoms with E-state index in [1.54, 1.807) is 11.0 Å². The Hall–Kier alpha value is -1.03. The molecule has 1 aliphatic heterocycles. The van der Waals surface area contributed by atoms with E-state index in [0.29, 0.717) is 23.3 Å². The third kappa shape index (κ3) is 2.94. The average molecular weight is 281 g/mol. The second-order valence-corrected chi connectivity index (χ2v) is 6.20. The van der Waals surface area contributed by atoms with Gasteiger partial charge in [0, 0.05) is 17.5 Å². The molecule has 1 aliphatic rings. The van der Waals surface area contributed by atoms with E-state index in [0.717, 1.165) is 6.42 Å². The second kappa shape index (κ2) is 5.53. The zero-order chi connectivity index (χ0) is 14.2. The van der Waals surface area contributed by atoms with Gasteiger partial charge in [-0.3, -0.25) is 4.79 Å². The summed E-state index contributed by atoms with van der Waals surface area (Å²) in [4.78, 5) is 14.9. The number of likely N-dealkylation sites (tertiary alicyclic amines) is 1. The number of piperidine rings is 1. The molecule has 1 aromatic carbocycles. The first kappa shape index (κ1) is 14.4. The zero-order valence-corrected chi connectivity index (χ0v) is 12.5. The normalized spacial score (nSPS) is 27.4. The van der Waals surface area contributed by atoms with Crippen LogP contribution in [0, 0.1) is 17.7 Å². The first-order chi connectivity index (χ1) is 8.90. The van der Waals surface area contributed by atoms with Crippen molar-refractivity contribution in [2.45, 2.75) is 38.1 Å². The van der Waals surface area contributed by atoms with Crippen LogP contribution in [0.4, 0.5) is 4.39 Å². The minimum Gasteiger partial charge on any atom is -0.335 e. The lowest BCUT2D eigenvalue weighted by molar-refractivity contribution is 0.0451. The molecule has 0 bridgehead atoms. The number of hydrogen-bond acceptors (Lipinski definition) is 2. The van der Waals surface area contributed by atoms with Gasteiger partial charge in [-0.25, -0.2) is 4.39 Å². The molecule has 1 heterocycles. The third-order valence-electron chi connectivity index (χ3n) is 4.04. The number of halogens is 1. The van der Waals surface area contributed by atoms with Gasteiger partial charge >= 0.3 is 0 Å². The summed E-state index contributed by atoms with van der Waals surface area (Å²) in [6, 6.07) is 4.51. The van der Waals surface area contributed by atoms with Crippen LogP contribution in [0.5, 0.6) is 0 Å². The van der Waals surface area contributed by atoms with Crippen LogP contribution in [-0.4, -0.2) is 23.4 Å². The number of carbonyl (C=O) groups is 1. The highest BCUT2D eigenvalue weighted by molar-refractivity contribution is 7.80. The minimum atomic E-state index is -0.471. The van der Waals surface area contributed by atoms with Gasteiger partial charge in [0.25, 0.3) is 5.91 Å². The molecule has 0 radical (unpaired) electrons. The van der Waals surface area contributed by atoms with Gasteiger partial charge in [-0.05, 0) is 43.4 Å². The van der Waals surface area contributed by atoms with Gasteiger partial charge in [-0.15, -0.1) is 12.6 Å². The van der Waals surface area contributed by atoms with E-state index < -0.39 is 5.82 Å². The van der Waals surface area contributed by atoms with E-state index in [1.165, 1.54) is 12.1 Å².